The zero-order chi connectivity index (χ0) is 9.97. The number of piperidine rings is 1. The minimum absolute atomic E-state index is 0. The normalized spacial score (nSPS) is 33.4. The van der Waals surface area contributed by atoms with Gasteiger partial charge in [-0.2, -0.15) is 0 Å². The highest BCUT2D eigenvalue weighted by molar-refractivity contribution is 5.85. The lowest BCUT2D eigenvalue weighted by Crippen LogP contribution is -2.50. The minimum Gasteiger partial charge on any atom is -0.335 e. The second-order valence-corrected chi connectivity index (χ2v) is 4.21. The fourth-order valence-corrected chi connectivity index (χ4v) is 2.30. The number of rotatable bonds is 0. The first kappa shape index (κ1) is 12.5. The van der Waals surface area contributed by atoms with Gasteiger partial charge in [-0.25, -0.2) is 0 Å². The maximum Gasteiger partial charge on any atom is 0.239 e. The van der Waals surface area contributed by atoms with Gasteiger partial charge in [0, 0.05) is 6.54 Å². The largest absolute Gasteiger partial charge is 0.335 e. The molecule has 2 atom stereocenters. The smallest absolute Gasteiger partial charge is 0.239 e. The van der Waals surface area contributed by atoms with Crippen LogP contribution in [-0.4, -0.2) is 29.4 Å². The molecule has 0 bridgehead atoms. The Kier molecular flexibility index (Phi) is 4.61. The first-order chi connectivity index (χ1) is 6.79. The lowest BCUT2D eigenvalue weighted by molar-refractivity contribution is -0.135. The molecule has 0 aromatic heterocycles. The Hall–Kier alpha value is -0.540. The Balaban J connectivity index is 0.00000112. The van der Waals surface area contributed by atoms with Crippen LogP contribution in [0.15, 0.2) is 12.2 Å². The number of hydrogen-bond acceptors (Lipinski definition) is 2. The van der Waals surface area contributed by atoms with Gasteiger partial charge in [0.1, 0.15) is 0 Å². The molecule has 0 spiro atoms. The summed E-state index contributed by atoms with van der Waals surface area (Å²) in [6.45, 7) is 0.890. The molecule has 1 fully saturated rings. The van der Waals surface area contributed by atoms with Crippen molar-refractivity contribution >= 4 is 18.3 Å². The van der Waals surface area contributed by atoms with Crippen LogP contribution in [0.3, 0.4) is 0 Å². The fraction of sp³-hybridized carbons (Fsp3) is 0.727. The van der Waals surface area contributed by atoms with Crippen LogP contribution >= 0.6 is 12.4 Å². The van der Waals surface area contributed by atoms with E-state index in [1.54, 1.807) is 0 Å². The van der Waals surface area contributed by atoms with E-state index in [0.717, 1.165) is 32.2 Å². The molecule has 0 aromatic rings. The van der Waals surface area contributed by atoms with Crippen molar-refractivity contribution < 1.29 is 4.79 Å². The standard InChI is InChI=1S/C11H18N2O.ClH/c12-10-7-2-1-5-9-6-3-4-8-13(9)11(10)14;/h1,5,9-10H,2-4,6-8,12H2;1H/b5-1-;/t9-,10-;/m0./s1. The van der Waals surface area contributed by atoms with Gasteiger partial charge in [0.2, 0.25) is 5.91 Å². The summed E-state index contributed by atoms with van der Waals surface area (Å²) in [6.07, 6.45) is 9.56. The highest BCUT2D eigenvalue weighted by Crippen LogP contribution is 2.21. The van der Waals surface area contributed by atoms with E-state index in [1.165, 1.54) is 6.42 Å². The average molecular weight is 231 g/mol. The summed E-state index contributed by atoms with van der Waals surface area (Å²) in [7, 11) is 0. The molecule has 0 aliphatic carbocycles. The van der Waals surface area contributed by atoms with Gasteiger partial charge in [0.05, 0.1) is 12.1 Å². The van der Waals surface area contributed by atoms with Crippen molar-refractivity contribution in [1.82, 2.24) is 4.90 Å². The number of halogens is 1. The predicted molar refractivity (Wildman–Crippen MR) is 62.9 cm³/mol. The Morgan fingerprint density at radius 2 is 2.13 bits per heavy atom. The summed E-state index contributed by atoms with van der Waals surface area (Å²) in [4.78, 5) is 13.9. The van der Waals surface area contributed by atoms with Crippen molar-refractivity contribution in [1.29, 1.82) is 0 Å². The molecular weight excluding hydrogens is 212 g/mol. The number of carbonyl (C=O) groups excluding carboxylic acids is 1. The van der Waals surface area contributed by atoms with E-state index in [4.69, 9.17) is 5.73 Å². The van der Waals surface area contributed by atoms with Crippen LogP contribution in [0.1, 0.15) is 32.1 Å². The number of nitrogens with two attached hydrogens (primary N) is 1. The van der Waals surface area contributed by atoms with E-state index in [0.29, 0.717) is 6.04 Å². The molecule has 1 saturated heterocycles. The van der Waals surface area contributed by atoms with Crippen molar-refractivity contribution in [3.63, 3.8) is 0 Å². The quantitative estimate of drug-likeness (QED) is 0.641. The molecule has 0 unspecified atom stereocenters. The number of hydrogen-bond donors (Lipinski definition) is 1. The van der Waals surface area contributed by atoms with E-state index in [9.17, 15) is 4.79 Å². The Morgan fingerprint density at radius 3 is 2.93 bits per heavy atom. The highest BCUT2D eigenvalue weighted by Gasteiger charge is 2.29. The first-order valence-corrected chi connectivity index (χ1v) is 5.52. The van der Waals surface area contributed by atoms with Crippen molar-refractivity contribution in [2.45, 2.75) is 44.2 Å². The van der Waals surface area contributed by atoms with Gasteiger partial charge in [0.15, 0.2) is 0 Å². The topological polar surface area (TPSA) is 46.3 Å². The minimum atomic E-state index is -0.277. The van der Waals surface area contributed by atoms with Crippen molar-refractivity contribution in [3.8, 4) is 0 Å². The van der Waals surface area contributed by atoms with Crippen LogP contribution in [0.4, 0.5) is 0 Å². The third-order valence-electron chi connectivity index (χ3n) is 3.15. The van der Waals surface area contributed by atoms with E-state index >= 15 is 0 Å². The molecule has 2 rings (SSSR count). The number of allylic oxidation sites excluding steroid dienone is 1. The van der Waals surface area contributed by atoms with Crippen LogP contribution in [0.25, 0.3) is 0 Å². The van der Waals surface area contributed by atoms with E-state index in [2.05, 4.69) is 12.2 Å². The molecule has 0 radical (unpaired) electrons. The Bertz CT molecular complexity index is 255. The molecule has 2 heterocycles. The molecular formula is C11H19ClN2O. The fourth-order valence-electron chi connectivity index (χ4n) is 2.30. The van der Waals surface area contributed by atoms with Crippen LogP contribution in [0.5, 0.6) is 0 Å². The zero-order valence-corrected chi connectivity index (χ0v) is 9.71. The number of fused-ring (bicyclic) bond motifs is 1. The summed E-state index contributed by atoms with van der Waals surface area (Å²) < 4.78 is 0. The predicted octanol–water partition coefficient (Wildman–Crippen LogP) is 1.47. The molecule has 15 heavy (non-hydrogen) atoms. The van der Waals surface area contributed by atoms with Gasteiger partial charge < -0.3 is 10.6 Å². The van der Waals surface area contributed by atoms with Crippen LogP contribution in [0.2, 0.25) is 0 Å². The summed E-state index contributed by atoms with van der Waals surface area (Å²) >= 11 is 0. The summed E-state index contributed by atoms with van der Waals surface area (Å²) in [5, 5.41) is 0. The first-order valence-electron chi connectivity index (χ1n) is 5.52. The second kappa shape index (κ2) is 5.52. The van der Waals surface area contributed by atoms with Crippen LogP contribution in [0, 0.1) is 0 Å². The summed E-state index contributed by atoms with van der Waals surface area (Å²) in [5.41, 5.74) is 5.83. The van der Waals surface area contributed by atoms with E-state index in [1.807, 2.05) is 4.90 Å². The van der Waals surface area contributed by atoms with E-state index in [-0.39, 0.29) is 24.4 Å². The van der Waals surface area contributed by atoms with Crippen molar-refractivity contribution in [2.24, 2.45) is 5.73 Å². The van der Waals surface area contributed by atoms with E-state index < -0.39 is 0 Å². The van der Waals surface area contributed by atoms with Crippen LogP contribution in [-0.2, 0) is 4.79 Å². The van der Waals surface area contributed by atoms with Gasteiger partial charge in [-0.1, -0.05) is 12.2 Å². The molecule has 2 N–H and O–H groups in total. The number of carbonyl (C=O) groups is 1. The van der Waals surface area contributed by atoms with Crippen LogP contribution < -0.4 is 5.73 Å². The third kappa shape index (κ3) is 2.73. The average Bonchev–Trinajstić information content (AvgIpc) is 2.22. The van der Waals surface area contributed by atoms with Crippen molar-refractivity contribution in [3.05, 3.63) is 12.2 Å². The monoisotopic (exact) mass is 230 g/mol. The van der Waals surface area contributed by atoms with Gasteiger partial charge in [-0.05, 0) is 32.1 Å². The van der Waals surface area contributed by atoms with Crippen molar-refractivity contribution in [2.75, 3.05) is 6.54 Å². The summed E-state index contributed by atoms with van der Waals surface area (Å²) in [5.74, 6) is 0.152. The molecule has 4 heteroatoms. The molecule has 2 aliphatic heterocycles. The van der Waals surface area contributed by atoms with Gasteiger partial charge >= 0.3 is 0 Å². The molecule has 0 saturated carbocycles. The van der Waals surface area contributed by atoms with Gasteiger partial charge in [0.25, 0.3) is 0 Å². The maximum absolute atomic E-state index is 11.9. The SMILES string of the molecule is Cl.N[C@H]1CC/C=C\[C@H]2CCCCN2C1=O. The van der Waals surface area contributed by atoms with Gasteiger partial charge in [-0.3, -0.25) is 4.79 Å². The maximum atomic E-state index is 11.9. The molecule has 3 nitrogen and oxygen atoms in total. The number of amides is 1. The van der Waals surface area contributed by atoms with Gasteiger partial charge in [-0.15, -0.1) is 12.4 Å². The third-order valence-corrected chi connectivity index (χ3v) is 3.15. The highest BCUT2D eigenvalue weighted by atomic mass is 35.5. The lowest BCUT2D eigenvalue weighted by Gasteiger charge is -2.36. The molecule has 2 aliphatic rings. The lowest BCUT2D eigenvalue weighted by atomic mass is 9.97. The molecule has 1 amide bonds. The molecule has 86 valence electrons. The molecule has 0 aromatic carbocycles. The Labute approximate surface area is 97.1 Å². The zero-order valence-electron chi connectivity index (χ0n) is 8.89. The second-order valence-electron chi connectivity index (χ2n) is 4.21. The summed E-state index contributed by atoms with van der Waals surface area (Å²) in [6, 6.07) is 0.0446. The number of nitrogens with zero attached hydrogens (tertiary/aromatic N) is 1. The Morgan fingerprint density at radius 1 is 1.33 bits per heavy atom.